The molecule has 1 aliphatic heterocycles. The van der Waals surface area contributed by atoms with E-state index in [9.17, 15) is 8.42 Å². The summed E-state index contributed by atoms with van der Waals surface area (Å²) in [5.41, 5.74) is 6.11. The van der Waals surface area contributed by atoms with Gasteiger partial charge in [-0.3, -0.25) is 0 Å². The maximum Gasteiger partial charge on any atom is 0.275 e. The highest BCUT2D eigenvalue weighted by Crippen LogP contribution is 2.35. The fourth-order valence-electron chi connectivity index (χ4n) is 1.42. The van der Waals surface area contributed by atoms with Crippen LogP contribution in [-0.4, -0.2) is 20.4 Å². The second-order valence-electron chi connectivity index (χ2n) is 4.54. The highest BCUT2D eigenvalue weighted by Gasteiger charge is 2.29. The number of thiophene rings is 1. The molecular weight excluding hydrogens is 272 g/mol. The van der Waals surface area contributed by atoms with Crippen molar-refractivity contribution in [2.75, 3.05) is 11.1 Å². The summed E-state index contributed by atoms with van der Waals surface area (Å²) in [6, 6.07) is 1.63. The van der Waals surface area contributed by atoms with Gasteiger partial charge in [0.25, 0.3) is 10.0 Å². The Kier molecular flexibility index (Phi) is 3.24. The summed E-state index contributed by atoms with van der Waals surface area (Å²) in [5, 5.41) is 3.40. The number of anilines is 2. The predicted molar refractivity (Wildman–Crippen MR) is 74.4 cm³/mol. The first-order valence-electron chi connectivity index (χ1n) is 5.56. The average Bonchev–Trinajstić information content (AvgIpc) is 2.58. The molecule has 100 valence electrons. The number of nitrogen functional groups attached to an aromatic ring is 1. The molecule has 0 fully saturated rings. The molecule has 1 aromatic heterocycles. The minimum atomic E-state index is -3.55. The van der Waals surface area contributed by atoms with E-state index in [0.717, 1.165) is 11.3 Å². The molecule has 0 saturated heterocycles. The second-order valence-corrected chi connectivity index (χ2v) is 7.50. The van der Waals surface area contributed by atoms with Crippen molar-refractivity contribution in [2.24, 2.45) is 10.9 Å². The molecule has 1 atom stereocenters. The molecule has 0 amide bonds. The van der Waals surface area contributed by atoms with E-state index in [0.29, 0.717) is 16.6 Å². The van der Waals surface area contributed by atoms with Gasteiger partial charge in [-0.1, -0.05) is 13.8 Å². The van der Waals surface area contributed by atoms with Crippen molar-refractivity contribution >= 4 is 38.0 Å². The van der Waals surface area contributed by atoms with Gasteiger partial charge in [0.2, 0.25) is 5.96 Å². The summed E-state index contributed by atoms with van der Waals surface area (Å²) < 4.78 is 26.6. The zero-order valence-electron chi connectivity index (χ0n) is 10.4. The van der Waals surface area contributed by atoms with Crippen LogP contribution in [0.25, 0.3) is 0 Å². The molecule has 0 radical (unpaired) electrons. The lowest BCUT2D eigenvalue weighted by Gasteiger charge is -2.20. The summed E-state index contributed by atoms with van der Waals surface area (Å²) in [7, 11) is -3.55. The maximum atomic E-state index is 12.0. The fraction of sp³-hybridized carbons (Fsp3) is 0.500. The quantitative estimate of drug-likeness (QED) is 0.767. The number of hydrogen-bond acceptors (Lipinski definition) is 5. The molecule has 6 nitrogen and oxygen atoms in total. The third-order valence-corrected chi connectivity index (χ3v) is 5.58. The molecule has 2 rings (SSSR count). The molecular formula is C10H16N4O2S2. The first-order valence-corrected chi connectivity index (χ1v) is 7.86. The van der Waals surface area contributed by atoms with Crippen LogP contribution in [0.5, 0.6) is 0 Å². The zero-order valence-corrected chi connectivity index (χ0v) is 12.0. The van der Waals surface area contributed by atoms with Crippen molar-refractivity contribution in [1.82, 2.24) is 4.72 Å². The van der Waals surface area contributed by atoms with Crippen LogP contribution >= 0.6 is 11.3 Å². The lowest BCUT2D eigenvalue weighted by molar-refractivity contribution is 0.529. The van der Waals surface area contributed by atoms with Crippen LogP contribution in [-0.2, 0) is 10.0 Å². The topological polar surface area (TPSA) is 96.6 Å². The number of sulfonamides is 1. The number of nitrogens with zero attached hydrogens (tertiary/aromatic N) is 1. The molecule has 0 spiro atoms. The minimum absolute atomic E-state index is 0.0210. The van der Waals surface area contributed by atoms with Crippen LogP contribution in [0.2, 0.25) is 0 Å². The molecule has 1 aliphatic rings. The van der Waals surface area contributed by atoms with Gasteiger partial charge in [0.1, 0.15) is 0 Å². The van der Waals surface area contributed by atoms with Gasteiger partial charge in [-0.05, 0) is 18.9 Å². The van der Waals surface area contributed by atoms with Gasteiger partial charge in [0, 0.05) is 0 Å². The molecule has 1 unspecified atom stereocenters. The highest BCUT2D eigenvalue weighted by molar-refractivity contribution is 7.92. The van der Waals surface area contributed by atoms with Crippen molar-refractivity contribution in [1.29, 1.82) is 0 Å². The fourth-order valence-corrected chi connectivity index (χ4v) is 3.73. The summed E-state index contributed by atoms with van der Waals surface area (Å²) in [6.45, 7) is 5.99. The number of fused-ring (bicyclic) bond motifs is 1. The van der Waals surface area contributed by atoms with Crippen molar-refractivity contribution in [2.45, 2.75) is 31.0 Å². The molecule has 0 bridgehead atoms. The molecule has 18 heavy (non-hydrogen) atoms. The van der Waals surface area contributed by atoms with Gasteiger partial charge in [-0.25, -0.2) is 18.1 Å². The Balaban J connectivity index is 2.38. The Morgan fingerprint density at radius 1 is 1.39 bits per heavy atom. The monoisotopic (exact) mass is 288 g/mol. The molecule has 1 aromatic rings. The predicted octanol–water partition coefficient (Wildman–Crippen LogP) is 1.43. The van der Waals surface area contributed by atoms with E-state index >= 15 is 0 Å². The number of hydrogen-bond donors (Lipinski definition) is 3. The Bertz CT molecular complexity index is 589. The van der Waals surface area contributed by atoms with Gasteiger partial charge >= 0.3 is 0 Å². The van der Waals surface area contributed by atoms with E-state index in [4.69, 9.17) is 5.73 Å². The van der Waals surface area contributed by atoms with E-state index in [1.807, 2.05) is 20.8 Å². The van der Waals surface area contributed by atoms with Crippen LogP contribution in [0, 0.1) is 5.92 Å². The van der Waals surface area contributed by atoms with Crippen molar-refractivity contribution in [3.63, 3.8) is 0 Å². The van der Waals surface area contributed by atoms with Crippen molar-refractivity contribution in [3.8, 4) is 0 Å². The standard InChI is InChI=1S/C10H16N4O2S2/c1-5(2)6(3)12-10-13-7-4-8(11)17-9(7)18(15,16)14-10/h4-6H,11H2,1-3H3,(H2,12,13,14). The molecule has 0 aromatic carbocycles. The number of nitrogens with one attached hydrogen (secondary N) is 2. The van der Waals surface area contributed by atoms with Crippen LogP contribution in [0.15, 0.2) is 15.3 Å². The van der Waals surface area contributed by atoms with Gasteiger partial charge in [0.15, 0.2) is 4.21 Å². The van der Waals surface area contributed by atoms with Crippen LogP contribution in [0.3, 0.4) is 0 Å². The van der Waals surface area contributed by atoms with Gasteiger partial charge in [-0.2, -0.15) is 0 Å². The Morgan fingerprint density at radius 2 is 2.06 bits per heavy atom. The lowest BCUT2D eigenvalue weighted by atomic mass is 10.1. The largest absolute Gasteiger partial charge is 0.390 e. The van der Waals surface area contributed by atoms with Crippen LogP contribution < -0.4 is 15.8 Å². The smallest absolute Gasteiger partial charge is 0.275 e. The van der Waals surface area contributed by atoms with E-state index in [1.54, 1.807) is 6.07 Å². The third-order valence-electron chi connectivity index (χ3n) is 2.74. The molecule has 4 N–H and O–H groups in total. The van der Waals surface area contributed by atoms with E-state index in [2.05, 4.69) is 15.0 Å². The number of rotatable bonds is 2. The van der Waals surface area contributed by atoms with Gasteiger partial charge in [-0.15, -0.1) is 11.3 Å². The van der Waals surface area contributed by atoms with Crippen molar-refractivity contribution < 1.29 is 8.42 Å². The van der Waals surface area contributed by atoms with Gasteiger partial charge in [0.05, 0.1) is 16.7 Å². The summed E-state index contributed by atoms with van der Waals surface area (Å²) in [6.07, 6.45) is 0. The Labute approximate surface area is 110 Å². The number of nitrogens with two attached hydrogens (primary N) is 1. The first-order chi connectivity index (χ1) is 8.29. The SMILES string of the molecule is CC(C)C(C)N=C1Nc2cc(N)sc2S(=O)(=O)N1. The van der Waals surface area contributed by atoms with E-state index in [1.165, 1.54) is 0 Å². The van der Waals surface area contributed by atoms with Crippen molar-refractivity contribution in [3.05, 3.63) is 6.07 Å². The summed E-state index contributed by atoms with van der Waals surface area (Å²) in [4.78, 5) is 4.32. The summed E-state index contributed by atoms with van der Waals surface area (Å²) >= 11 is 1.03. The average molecular weight is 288 g/mol. The molecule has 8 heteroatoms. The first kappa shape index (κ1) is 13.2. The van der Waals surface area contributed by atoms with E-state index in [-0.39, 0.29) is 16.2 Å². The highest BCUT2D eigenvalue weighted by atomic mass is 32.2. The summed E-state index contributed by atoms with van der Waals surface area (Å²) in [5.74, 6) is 0.583. The molecule has 0 saturated carbocycles. The lowest BCUT2D eigenvalue weighted by Crippen LogP contribution is -2.40. The zero-order chi connectivity index (χ0) is 13.5. The number of aliphatic imine (C=N–C) groups is 1. The van der Waals surface area contributed by atoms with Crippen LogP contribution in [0.4, 0.5) is 10.7 Å². The second kappa shape index (κ2) is 4.43. The van der Waals surface area contributed by atoms with E-state index < -0.39 is 10.0 Å². The molecule has 0 aliphatic carbocycles. The molecule has 2 heterocycles. The van der Waals surface area contributed by atoms with Crippen LogP contribution in [0.1, 0.15) is 20.8 Å². The Hall–Kier alpha value is -1.28. The third kappa shape index (κ3) is 2.44. The number of guanidine groups is 1. The normalized spacial score (nSPS) is 21.2. The minimum Gasteiger partial charge on any atom is -0.390 e. The Morgan fingerprint density at radius 3 is 2.67 bits per heavy atom. The maximum absolute atomic E-state index is 12.0. The van der Waals surface area contributed by atoms with Gasteiger partial charge < -0.3 is 11.1 Å².